The highest BCUT2D eigenvalue weighted by Gasteiger charge is 2.38. The molecule has 0 radical (unpaired) electrons. The van der Waals surface area contributed by atoms with Crippen LogP contribution in [0.25, 0.3) is 33.5 Å². The maximum atomic E-state index is 13.1. The summed E-state index contributed by atoms with van der Waals surface area (Å²) in [5.74, 6) is -2.60. The fraction of sp³-hybridized carbons (Fsp3) is 0.156. The molecule has 0 saturated carbocycles. The quantitative estimate of drug-likeness (QED) is 0.126. The van der Waals surface area contributed by atoms with E-state index in [0.717, 1.165) is 39.9 Å². The molecule has 0 fully saturated rings. The highest BCUT2D eigenvalue weighted by Crippen LogP contribution is 2.32. The van der Waals surface area contributed by atoms with Crippen molar-refractivity contribution in [3.63, 3.8) is 0 Å². The third-order valence-electron chi connectivity index (χ3n) is 6.48. The SMILES string of the molecule is COC(=O)c1cccc(CNCc2ccc(-c3cccc(-c4nc5ccc(C(F)(F)F)cc5[nH]4)c3)cc2)c1.O=C(O)C(F)(F)F. The number of H-pyrrole nitrogens is 1. The number of ether oxygens (including phenoxy) is 1. The van der Waals surface area contributed by atoms with E-state index < -0.39 is 23.9 Å². The van der Waals surface area contributed by atoms with Crippen molar-refractivity contribution in [3.05, 3.63) is 113 Å². The van der Waals surface area contributed by atoms with E-state index in [-0.39, 0.29) is 5.97 Å². The minimum Gasteiger partial charge on any atom is -0.475 e. The van der Waals surface area contributed by atoms with Crippen LogP contribution in [0.4, 0.5) is 26.3 Å². The molecule has 5 rings (SSSR count). The van der Waals surface area contributed by atoms with Gasteiger partial charge in [-0.3, -0.25) is 0 Å². The average molecular weight is 630 g/mol. The number of carboxylic acids is 1. The molecule has 0 aliphatic carbocycles. The van der Waals surface area contributed by atoms with Crippen LogP contribution in [0.2, 0.25) is 0 Å². The molecule has 4 aromatic carbocycles. The molecular formula is C32H25F6N3O4. The lowest BCUT2D eigenvalue weighted by Gasteiger charge is -2.08. The molecule has 0 aliphatic heterocycles. The molecule has 0 aliphatic rings. The van der Waals surface area contributed by atoms with E-state index in [9.17, 15) is 31.1 Å². The number of carbonyl (C=O) groups is 2. The normalized spacial score (nSPS) is 11.5. The van der Waals surface area contributed by atoms with E-state index in [0.29, 0.717) is 35.5 Å². The fourth-order valence-corrected chi connectivity index (χ4v) is 4.26. The Kier molecular flexibility index (Phi) is 9.92. The van der Waals surface area contributed by atoms with Crippen LogP contribution in [-0.2, 0) is 28.8 Å². The Morgan fingerprint density at radius 3 is 2.09 bits per heavy atom. The Morgan fingerprint density at radius 1 is 0.800 bits per heavy atom. The van der Waals surface area contributed by atoms with Crippen LogP contribution in [0.5, 0.6) is 0 Å². The number of nitrogens with one attached hydrogen (secondary N) is 2. The van der Waals surface area contributed by atoms with Crippen LogP contribution in [0.15, 0.2) is 91.0 Å². The molecule has 7 nitrogen and oxygen atoms in total. The fourth-order valence-electron chi connectivity index (χ4n) is 4.26. The minimum atomic E-state index is -5.08. The van der Waals surface area contributed by atoms with Crippen LogP contribution in [0.1, 0.15) is 27.0 Å². The molecule has 0 saturated heterocycles. The van der Waals surface area contributed by atoms with Gasteiger partial charge in [0.15, 0.2) is 0 Å². The molecular weight excluding hydrogens is 604 g/mol. The number of nitrogens with zero attached hydrogens (tertiary/aromatic N) is 1. The molecule has 5 aromatic rings. The number of carboxylic acid groups (broad SMARTS) is 1. The van der Waals surface area contributed by atoms with E-state index in [1.807, 2.05) is 66.7 Å². The van der Waals surface area contributed by atoms with Crippen molar-refractivity contribution in [2.75, 3.05) is 7.11 Å². The maximum Gasteiger partial charge on any atom is 0.490 e. The Hall–Kier alpha value is -5.17. The van der Waals surface area contributed by atoms with Gasteiger partial charge in [-0.25, -0.2) is 14.6 Å². The lowest BCUT2D eigenvalue weighted by molar-refractivity contribution is -0.192. The van der Waals surface area contributed by atoms with Crippen molar-refractivity contribution >= 4 is 23.0 Å². The summed E-state index contributed by atoms with van der Waals surface area (Å²) in [4.78, 5) is 28.1. The van der Waals surface area contributed by atoms with Gasteiger partial charge in [0.25, 0.3) is 0 Å². The molecule has 13 heteroatoms. The molecule has 0 spiro atoms. The Morgan fingerprint density at radius 2 is 1.44 bits per heavy atom. The predicted molar refractivity (Wildman–Crippen MR) is 154 cm³/mol. The number of rotatable bonds is 7. The molecule has 1 heterocycles. The number of esters is 1. The molecule has 1 aromatic heterocycles. The summed E-state index contributed by atoms with van der Waals surface area (Å²) in [6.07, 6.45) is -9.49. The molecule has 0 atom stereocenters. The first kappa shape index (κ1) is 32.7. The Balaban J connectivity index is 0.000000591. The van der Waals surface area contributed by atoms with Crippen molar-refractivity contribution in [2.24, 2.45) is 0 Å². The van der Waals surface area contributed by atoms with Crippen LogP contribution in [0.3, 0.4) is 0 Å². The smallest absolute Gasteiger partial charge is 0.475 e. The number of benzene rings is 4. The number of hydrogen-bond donors (Lipinski definition) is 3. The van der Waals surface area contributed by atoms with Gasteiger partial charge in [-0.15, -0.1) is 0 Å². The lowest BCUT2D eigenvalue weighted by atomic mass is 10.0. The molecule has 0 bridgehead atoms. The highest BCUT2D eigenvalue weighted by molar-refractivity contribution is 5.89. The second-order valence-corrected chi connectivity index (χ2v) is 9.69. The summed E-state index contributed by atoms with van der Waals surface area (Å²) in [6, 6.07) is 26.7. The van der Waals surface area contributed by atoms with Gasteiger partial charge >= 0.3 is 24.3 Å². The summed E-state index contributed by atoms with van der Waals surface area (Å²) < 4.78 is 75.7. The van der Waals surface area contributed by atoms with E-state index in [2.05, 4.69) is 15.3 Å². The number of aromatic amines is 1. The largest absolute Gasteiger partial charge is 0.490 e. The van der Waals surface area contributed by atoms with Gasteiger partial charge in [-0.2, -0.15) is 26.3 Å². The number of alkyl halides is 6. The third kappa shape index (κ3) is 8.70. The zero-order valence-electron chi connectivity index (χ0n) is 23.5. The summed E-state index contributed by atoms with van der Waals surface area (Å²) in [5, 5.41) is 10.5. The van der Waals surface area contributed by atoms with Gasteiger partial charge < -0.3 is 20.1 Å². The number of imidazole rings is 1. The first-order chi connectivity index (χ1) is 21.2. The molecule has 3 N–H and O–H groups in total. The number of carbonyl (C=O) groups excluding carboxylic acids is 1. The van der Waals surface area contributed by atoms with Crippen molar-refractivity contribution < 1.29 is 45.8 Å². The predicted octanol–water partition coefficient (Wildman–Crippen LogP) is 7.63. The van der Waals surface area contributed by atoms with E-state index in [1.165, 1.54) is 13.2 Å². The topological polar surface area (TPSA) is 104 Å². The van der Waals surface area contributed by atoms with Crippen molar-refractivity contribution in [1.29, 1.82) is 0 Å². The summed E-state index contributed by atoms with van der Waals surface area (Å²) in [6.45, 7) is 1.26. The molecule has 0 amide bonds. The van der Waals surface area contributed by atoms with E-state index in [1.54, 1.807) is 6.07 Å². The van der Waals surface area contributed by atoms with Crippen molar-refractivity contribution in [1.82, 2.24) is 15.3 Å². The zero-order chi connectivity index (χ0) is 32.8. The van der Waals surface area contributed by atoms with Gasteiger partial charge in [0, 0.05) is 18.7 Å². The number of hydrogen-bond acceptors (Lipinski definition) is 5. The van der Waals surface area contributed by atoms with Crippen LogP contribution < -0.4 is 5.32 Å². The number of aliphatic carboxylic acids is 1. The van der Waals surface area contributed by atoms with Gasteiger partial charge in [0.05, 0.1) is 29.3 Å². The summed E-state index contributed by atoms with van der Waals surface area (Å²) in [7, 11) is 1.36. The lowest BCUT2D eigenvalue weighted by Crippen LogP contribution is -2.21. The summed E-state index contributed by atoms with van der Waals surface area (Å²) >= 11 is 0. The van der Waals surface area contributed by atoms with Gasteiger partial charge in [0.1, 0.15) is 5.82 Å². The van der Waals surface area contributed by atoms with Gasteiger partial charge in [0.2, 0.25) is 0 Å². The number of aromatic nitrogens is 2. The summed E-state index contributed by atoms with van der Waals surface area (Å²) in [5.41, 5.74) is 5.49. The maximum absolute atomic E-state index is 13.1. The zero-order valence-corrected chi connectivity index (χ0v) is 23.5. The average Bonchev–Trinajstić information content (AvgIpc) is 3.45. The van der Waals surface area contributed by atoms with Crippen LogP contribution >= 0.6 is 0 Å². The van der Waals surface area contributed by atoms with Crippen LogP contribution in [-0.4, -0.2) is 40.3 Å². The number of fused-ring (bicyclic) bond motifs is 1. The van der Waals surface area contributed by atoms with Gasteiger partial charge in [-0.05, 0) is 58.7 Å². The van der Waals surface area contributed by atoms with E-state index >= 15 is 0 Å². The second-order valence-electron chi connectivity index (χ2n) is 9.69. The number of halogens is 6. The van der Waals surface area contributed by atoms with Gasteiger partial charge in [-0.1, -0.05) is 54.6 Å². The highest BCUT2D eigenvalue weighted by atomic mass is 19.4. The first-order valence-electron chi connectivity index (χ1n) is 13.2. The minimum absolute atomic E-state index is 0.342. The monoisotopic (exact) mass is 629 g/mol. The van der Waals surface area contributed by atoms with Crippen molar-refractivity contribution in [3.8, 4) is 22.5 Å². The standard InChI is InChI=1S/C30H24F3N3O2.C2HF3O2/c1-38-29(37)24-7-2-4-20(14-24)18-34-17-19-8-10-21(11-9-19)22-5-3-6-23(15-22)28-35-26-13-12-25(30(31,32)33)16-27(26)36-28;3-2(4,5)1(6)7/h2-16,34H,17-18H2,1H3,(H,35,36);(H,6,7). The van der Waals surface area contributed by atoms with Crippen LogP contribution in [0, 0.1) is 0 Å². The van der Waals surface area contributed by atoms with Crippen molar-refractivity contribution in [2.45, 2.75) is 25.4 Å². The molecule has 234 valence electrons. The molecule has 0 unspecified atom stereocenters. The first-order valence-corrected chi connectivity index (χ1v) is 13.2. The Labute approximate surface area is 252 Å². The Bertz CT molecular complexity index is 1800. The van der Waals surface area contributed by atoms with E-state index in [4.69, 9.17) is 14.6 Å². The molecule has 45 heavy (non-hydrogen) atoms. The second kappa shape index (κ2) is 13.6. The third-order valence-corrected chi connectivity index (χ3v) is 6.48. The number of methoxy groups -OCH3 is 1.